The zero-order valence-electron chi connectivity index (χ0n) is 10.9. The Kier molecular flexibility index (Phi) is 3.36. The van der Waals surface area contributed by atoms with Gasteiger partial charge in [0, 0.05) is 18.8 Å². The van der Waals surface area contributed by atoms with Gasteiger partial charge in [0.05, 0.1) is 10.6 Å². The van der Waals surface area contributed by atoms with Gasteiger partial charge in [0.25, 0.3) is 0 Å². The third kappa shape index (κ3) is 2.75. The molecule has 8 heteroatoms. The minimum atomic E-state index is -3.55. The molecule has 106 valence electrons. The van der Waals surface area contributed by atoms with Crippen LogP contribution in [0.5, 0.6) is 0 Å². The maximum absolute atomic E-state index is 12.0. The van der Waals surface area contributed by atoms with Gasteiger partial charge in [-0.15, -0.1) is 0 Å². The van der Waals surface area contributed by atoms with Crippen LogP contribution < -0.4 is 4.72 Å². The second kappa shape index (κ2) is 4.46. The van der Waals surface area contributed by atoms with Gasteiger partial charge in [-0.25, -0.2) is 8.42 Å². The lowest BCUT2D eigenvalue weighted by Gasteiger charge is -2.32. The highest BCUT2D eigenvalue weighted by Crippen LogP contribution is 2.29. The van der Waals surface area contributed by atoms with Gasteiger partial charge in [-0.05, 0) is 37.6 Å². The Balaban J connectivity index is 2.52. The summed E-state index contributed by atoms with van der Waals surface area (Å²) in [4.78, 5) is 0.191. The van der Waals surface area contributed by atoms with Crippen LogP contribution in [0.3, 0.4) is 0 Å². The first-order valence-electron chi connectivity index (χ1n) is 5.74. The van der Waals surface area contributed by atoms with Crippen LogP contribution in [0.1, 0.15) is 19.4 Å². The molecule has 0 amide bonds. The molecule has 0 bridgehead atoms. The molecule has 1 aromatic carbocycles. The van der Waals surface area contributed by atoms with Gasteiger partial charge in [-0.3, -0.25) is 4.72 Å². The number of hydrogen-bond donors (Lipinski definition) is 1. The molecule has 1 N–H and O–H groups in total. The van der Waals surface area contributed by atoms with Crippen LogP contribution in [-0.2, 0) is 26.6 Å². The molecule has 1 aromatic rings. The molecule has 0 saturated heterocycles. The Morgan fingerprint density at radius 2 is 1.95 bits per heavy atom. The predicted octanol–water partition coefficient (Wildman–Crippen LogP) is 0.971. The van der Waals surface area contributed by atoms with E-state index in [2.05, 4.69) is 4.72 Å². The topological polar surface area (TPSA) is 83.6 Å². The van der Waals surface area contributed by atoms with Gasteiger partial charge >= 0.3 is 10.2 Å². The van der Waals surface area contributed by atoms with Crippen molar-refractivity contribution in [1.82, 2.24) is 4.31 Å². The predicted molar refractivity (Wildman–Crippen MR) is 72.8 cm³/mol. The Bertz CT molecular complexity index is 708. The van der Waals surface area contributed by atoms with Crippen molar-refractivity contribution in [3.05, 3.63) is 23.8 Å². The van der Waals surface area contributed by atoms with E-state index in [0.29, 0.717) is 11.3 Å². The summed E-state index contributed by atoms with van der Waals surface area (Å²) in [6.45, 7) is 3.71. The SMILES string of the molecule is CC(C)N1Cc2cc(S(C)(=O)=O)ccc2NS1(=O)=O. The van der Waals surface area contributed by atoms with Crippen LogP contribution in [-0.4, -0.2) is 33.4 Å². The third-order valence-electron chi connectivity index (χ3n) is 2.95. The van der Waals surface area contributed by atoms with Gasteiger partial charge < -0.3 is 0 Å². The van der Waals surface area contributed by atoms with Crippen LogP contribution >= 0.6 is 0 Å². The second-order valence-corrected chi connectivity index (χ2v) is 8.48. The smallest absolute Gasteiger partial charge is 0.271 e. The third-order valence-corrected chi connectivity index (χ3v) is 5.71. The van der Waals surface area contributed by atoms with Crippen molar-refractivity contribution >= 4 is 25.7 Å². The summed E-state index contributed by atoms with van der Waals surface area (Å²) in [6.07, 6.45) is 1.13. The molecule has 6 nitrogen and oxygen atoms in total. The molecule has 0 spiro atoms. The molecule has 1 aliphatic rings. The highest BCUT2D eigenvalue weighted by atomic mass is 32.2. The average Bonchev–Trinajstić information content (AvgIpc) is 2.24. The van der Waals surface area contributed by atoms with E-state index < -0.39 is 20.0 Å². The van der Waals surface area contributed by atoms with Gasteiger partial charge in [-0.2, -0.15) is 12.7 Å². The van der Waals surface area contributed by atoms with Crippen LogP contribution in [0.4, 0.5) is 5.69 Å². The largest absolute Gasteiger partial charge is 0.302 e. The Labute approximate surface area is 113 Å². The van der Waals surface area contributed by atoms with Crippen LogP contribution in [0.2, 0.25) is 0 Å². The van der Waals surface area contributed by atoms with Crippen molar-refractivity contribution in [2.75, 3.05) is 11.0 Å². The fraction of sp³-hybridized carbons (Fsp3) is 0.455. The van der Waals surface area contributed by atoms with Crippen LogP contribution in [0.25, 0.3) is 0 Å². The number of rotatable bonds is 2. The summed E-state index contributed by atoms with van der Waals surface area (Å²) in [5.74, 6) is 0. The van der Waals surface area contributed by atoms with Gasteiger partial charge in [0.15, 0.2) is 9.84 Å². The monoisotopic (exact) mass is 304 g/mol. The number of nitrogens with zero attached hydrogens (tertiary/aromatic N) is 1. The van der Waals surface area contributed by atoms with Gasteiger partial charge in [0.2, 0.25) is 0 Å². The summed E-state index contributed by atoms with van der Waals surface area (Å²) in [7, 11) is -6.85. The maximum atomic E-state index is 12.0. The maximum Gasteiger partial charge on any atom is 0.302 e. The van der Waals surface area contributed by atoms with Gasteiger partial charge in [-0.1, -0.05) is 0 Å². The Morgan fingerprint density at radius 3 is 2.47 bits per heavy atom. The minimum absolute atomic E-state index is 0.172. The number of sulfone groups is 1. The molecule has 0 fully saturated rings. The standard InChI is InChI=1S/C11H16N2O4S2/c1-8(2)13-7-9-6-10(18(3,14)15)4-5-11(9)12-19(13,16)17/h4-6,8,12H,7H2,1-3H3. The average molecular weight is 304 g/mol. The number of fused-ring (bicyclic) bond motifs is 1. The highest BCUT2D eigenvalue weighted by Gasteiger charge is 2.31. The molecule has 0 aliphatic carbocycles. The Morgan fingerprint density at radius 1 is 1.32 bits per heavy atom. The zero-order chi connectivity index (χ0) is 14.4. The number of hydrogen-bond acceptors (Lipinski definition) is 4. The zero-order valence-corrected chi connectivity index (χ0v) is 12.5. The lowest BCUT2D eigenvalue weighted by atomic mass is 10.1. The van der Waals surface area contributed by atoms with Crippen molar-refractivity contribution in [2.24, 2.45) is 0 Å². The number of benzene rings is 1. The van der Waals surface area contributed by atoms with Crippen LogP contribution in [0, 0.1) is 0 Å². The first-order valence-corrected chi connectivity index (χ1v) is 9.07. The fourth-order valence-corrected chi connectivity index (χ4v) is 4.07. The van der Waals surface area contributed by atoms with Crippen LogP contribution in [0.15, 0.2) is 23.1 Å². The molecule has 0 atom stereocenters. The summed E-state index contributed by atoms with van der Waals surface area (Å²) in [6, 6.07) is 4.21. The van der Waals surface area contributed by atoms with Gasteiger partial charge in [0.1, 0.15) is 0 Å². The fourth-order valence-electron chi connectivity index (χ4n) is 1.94. The lowest BCUT2D eigenvalue weighted by Crippen LogP contribution is -2.43. The van der Waals surface area contributed by atoms with Crippen molar-refractivity contribution < 1.29 is 16.8 Å². The summed E-state index contributed by atoms with van der Waals surface area (Å²) < 4.78 is 50.7. The summed E-state index contributed by atoms with van der Waals surface area (Å²) >= 11 is 0. The van der Waals surface area contributed by atoms with E-state index in [9.17, 15) is 16.8 Å². The Hall–Kier alpha value is -1.12. The normalized spacial score (nSPS) is 18.9. The van der Waals surface area contributed by atoms with Crippen molar-refractivity contribution in [2.45, 2.75) is 31.3 Å². The lowest BCUT2D eigenvalue weighted by molar-refractivity contribution is 0.347. The molecule has 0 radical (unpaired) electrons. The molecule has 0 saturated carbocycles. The molecule has 0 unspecified atom stereocenters. The quantitative estimate of drug-likeness (QED) is 0.882. The molecule has 0 aromatic heterocycles. The molecular formula is C11H16N2O4S2. The number of nitrogens with one attached hydrogen (secondary N) is 1. The molecule has 19 heavy (non-hydrogen) atoms. The first kappa shape index (κ1) is 14.3. The van der Waals surface area contributed by atoms with Crippen molar-refractivity contribution in [3.63, 3.8) is 0 Å². The van der Waals surface area contributed by atoms with E-state index in [-0.39, 0.29) is 17.5 Å². The van der Waals surface area contributed by atoms with E-state index in [4.69, 9.17) is 0 Å². The molecule has 1 aliphatic heterocycles. The second-order valence-electron chi connectivity index (χ2n) is 4.84. The first-order chi connectivity index (χ1) is 8.61. The molecule has 1 heterocycles. The molecular weight excluding hydrogens is 288 g/mol. The summed E-state index contributed by atoms with van der Waals surface area (Å²) in [5.41, 5.74) is 1.09. The minimum Gasteiger partial charge on any atom is -0.271 e. The van der Waals surface area contributed by atoms with Crippen molar-refractivity contribution in [3.8, 4) is 0 Å². The molecule has 2 rings (SSSR count). The van der Waals surface area contributed by atoms with E-state index in [1.807, 2.05) is 0 Å². The van der Waals surface area contributed by atoms with E-state index in [1.165, 1.54) is 22.5 Å². The highest BCUT2D eigenvalue weighted by molar-refractivity contribution is 7.91. The number of anilines is 1. The van der Waals surface area contributed by atoms with E-state index in [0.717, 1.165) is 6.26 Å². The summed E-state index contributed by atoms with van der Waals surface area (Å²) in [5, 5.41) is 0. The van der Waals surface area contributed by atoms with E-state index in [1.54, 1.807) is 13.8 Å². The van der Waals surface area contributed by atoms with Crippen molar-refractivity contribution in [1.29, 1.82) is 0 Å². The van der Waals surface area contributed by atoms with E-state index >= 15 is 0 Å².